The van der Waals surface area contributed by atoms with Crippen LogP contribution in [0, 0.1) is 0 Å². The average Bonchev–Trinajstić information content (AvgIpc) is 2.71. The van der Waals surface area contributed by atoms with Gasteiger partial charge in [0.15, 0.2) is 0 Å². The molecule has 3 heterocycles. The van der Waals surface area contributed by atoms with Crippen molar-refractivity contribution >= 4 is 17.5 Å². The summed E-state index contributed by atoms with van der Waals surface area (Å²) in [7, 11) is 1.99. The van der Waals surface area contributed by atoms with Crippen molar-refractivity contribution in [3.05, 3.63) is 77.9 Å². The summed E-state index contributed by atoms with van der Waals surface area (Å²) in [6, 6.07) is 13.0. The van der Waals surface area contributed by atoms with E-state index in [9.17, 15) is 4.79 Å². The Kier molecular flexibility index (Phi) is 5.94. The molecule has 0 spiro atoms. The second-order valence-corrected chi connectivity index (χ2v) is 6.13. The van der Waals surface area contributed by atoms with Crippen LogP contribution in [0.15, 0.2) is 61.1 Å². The van der Waals surface area contributed by atoms with Gasteiger partial charge in [0, 0.05) is 56.4 Å². The maximum absolute atomic E-state index is 12.3. The number of carbonyl (C=O) groups is 1. The van der Waals surface area contributed by atoms with Gasteiger partial charge in [0.2, 0.25) is 0 Å². The molecule has 0 fully saturated rings. The topological polar surface area (TPSA) is 97.0 Å². The summed E-state index contributed by atoms with van der Waals surface area (Å²) in [5.41, 5.74) is 8.00. The summed E-state index contributed by atoms with van der Waals surface area (Å²) in [5.74, 6) is 1.02. The van der Waals surface area contributed by atoms with Gasteiger partial charge in [-0.25, -0.2) is 9.97 Å². The Morgan fingerprint density at radius 3 is 2.67 bits per heavy atom. The van der Waals surface area contributed by atoms with Gasteiger partial charge in [0.1, 0.15) is 11.6 Å². The fourth-order valence-electron chi connectivity index (χ4n) is 2.66. The van der Waals surface area contributed by atoms with Crippen molar-refractivity contribution in [3.8, 4) is 0 Å². The molecule has 3 aromatic heterocycles. The Hall–Kier alpha value is -3.48. The van der Waals surface area contributed by atoms with Gasteiger partial charge < -0.3 is 16.0 Å². The van der Waals surface area contributed by atoms with Gasteiger partial charge in [-0.15, -0.1) is 0 Å². The highest BCUT2D eigenvalue weighted by Gasteiger charge is 2.11. The van der Waals surface area contributed by atoms with E-state index in [0.717, 1.165) is 30.0 Å². The Morgan fingerprint density at radius 2 is 1.93 bits per heavy atom. The Labute approximate surface area is 158 Å². The summed E-state index contributed by atoms with van der Waals surface area (Å²) in [4.78, 5) is 27.1. The van der Waals surface area contributed by atoms with E-state index in [2.05, 4.69) is 25.2 Å². The van der Waals surface area contributed by atoms with E-state index < -0.39 is 0 Å². The SMILES string of the molecule is CN(CCc1ccccn1)c1ncccc1CNC(=O)c1ccc(N)nc1. The van der Waals surface area contributed by atoms with Crippen molar-refractivity contribution in [1.82, 2.24) is 20.3 Å². The fraction of sp³-hybridized carbons (Fsp3) is 0.200. The van der Waals surface area contributed by atoms with Crippen LogP contribution in [0.5, 0.6) is 0 Å². The van der Waals surface area contributed by atoms with Crippen molar-refractivity contribution < 1.29 is 4.79 Å². The predicted octanol–water partition coefficient (Wildman–Crippen LogP) is 2.06. The molecule has 0 atom stereocenters. The number of rotatable bonds is 7. The van der Waals surface area contributed by atoms with Gasteiger partial charge in [0.25, 0.3) is 5.91 Å². The molecule has 0 bridgehead atoms. The molecule has 0 aliphatic heterocycles. The monoisotopic (exact) mass is 362 g/mol. The first kappa shape index (κ1) is 18.3. The molecule has 0 aliphatic rings. The molecule has 0 aliphatic carbocycles. The molecule has 0 saturated carbocycles. The van der Waals surface area contributed by atoms with E-state index in [0.29, 0.717) is 17.9 Å². The van der Waals surface area contributed by atoms with E-state index in [1.54, 1.807) is 24.5 Å². The molecule has 3 rings (SSSR count). The second kappa shape index (κ2) is 8.75. The second-order valence-electron chi connectivity index (χ2n) is 6.13. The van der Waals surface area contributed by atoms with Gasteiger partial charge in [-0.1, -0.05) is 12.1 Å². The molecule has 0 aromatic carbocycles. The third-order valence-corrected chi connectivity index (χ3v) is 4.15. The summed E-state index contributed by atoms with van der Waals surface area (Å²) in [6.07, 6.45) is 5.83. The van der Waals surface area contributed by atoms with Crippen molar-refractivity contribution in [2.75, 3.05) is 24.2 Å². The summed E-state index contributed by atoms with van der Waals surface area (Å²) >= 11 is 0. The highest BCUT2D eigenvalue weighted by molar-refractivity contribution is 5.94. The third-order valence-electron chi connectivity index (χ3n) is 4.15. The number of nitrogens with two attached hydrogens (primary N) is 1. The Balaban J connectivity index is 1.62. The average molecular weight is 362 g/mol. The van der Waals surface area contributed by atoms with E-state index >= 15 is 0 Å². The smallest absolute Gasteiger partial charge is 0.253 e. The number of amides is 1. The normalized spacial score (nSPS) is 10.4. The number of carbonyl (C=O) groups excluding carboxylic acids is 1. The molecular formula is C20H22N6O. The molecule has 7 nitrogen and oxygen atoms in total. The van der Waals surface area contributed by atoms with Crippen LogP contribution in [0.3, 0.4) is 0 Å². The number of hydrogen-bond acceptors (Lipinski definition) is 6. The number of anilines is 2. The number of aromatic nitrogens is 3. The Bertz CT molecular complexity index is 882. The molecule has 138 valence electrons. The Morgan fingerprint density at radius 1 is 1.07 bits per heavy atom. The number of nitrogen functional groups attached to an aromatic ring is 1. The predicted molar refractivity (Wildman–Crippen MR) is 105 cm³/mol. The van der Waals surface area contributed by atoms with Crippen LogP contribution < -0.4 is 16.0 Å². The van der Waals surface area contributed by atoms with E-state index in [-0.39, 0.29) is 5.91 Å². The summed E-state index contributed by atoms with van der Waals surface area (Å²) in [6.45, 7) is 1.15. The van der Waals surface area contributed by atoms with Gasteiger partial charge >= 0.3 is 0 Å². The zero-order chi connectivity index (χ0) is 19.1. The van der Waals surface area contributed by atoms with E-state index in [4.69, 9.17) is 5.73 Å². The molecule has 0 saturated heterocycles. The fourth-order valence-corrected chi connectivity index (χ4v) is 2.66. The zero-order valence-corrected chi connectivity index (χ0v) is 15.2. The molecule has 7 heteroatoms. The molecule has 3 aromatic rings. The zero-order valence-electron chi connectivity index (χ0n) is 15.2. The quantitative estimate of drug-likeness (QED) is 0.668. The van der Waals surface area contributed by atoms with Crippen molar-refractivity contribution in [3.63, 3.8) is 0 Å². The van der Waals surface area contributed by atoms with Gasteiger partial charge in [0.05, 0.1) is 5.56 Å². The van der Waals surface area contributed by atoms with Crippen LogP contribution in [0.25, 0.3) is 0 Å². The molecule has 1 amide bonds. The van der Waals surface area contributed by atoms with Crippen LogP contribution in [0.4, 0.5) is 11.6 Å². The van der Waals surface area contributed by atoms with E-state index in [1.807, 2.05) is 37.4 Å². The largest absolute Gasteiger partial charge is 0.384 e. The third kappa shape index (κ3) is 5.01. The summed E-state index contributed by atoms with van der Waals surface area (Å²) in [5, 5.41) is 2.91. The molecule has 0 unspecified atom stereocenters. The van der Waals surface area contributed by atoms with Crippen LogP contribution in [0.1, 0.15) is 21.6 Å². The first-order valence-corrected chi connectivity index (χ1v) is 8.68. The molecule has 27 heavy (non-hydrogen) atoms. The lowest BCUT2D eigenvalue weighted by atomic mass is 10.2. The van der Waals surface area contributed by atoms with Crippen molar-refractivity contribution in [2.45, 2.75) is 13.0 Å². The van der Waals surface area contributed by atoms with Crippen LogP contribution in [-0.2, 0) is 13.0 Å². The van der Waals surface area contributed by atoms with Gasteiger partial charge in [-0.05, 0) is 30.3 Å². The lowest BCUT2D eigenvalue weighted by Gasteiger charge is -2.21. The number of likely N-dealkylation sites (N-methyl/N-ethyl adjacent to an activating group) is 1. The first-order valence-electron chi connectivity index (χ1n) is 8.68. The van der Waals surface area contributed by atoms with E-state index in [1.165, 1.54) is 6.20 Å². The maximum atomic E-state index is 12.3. The van der Waals surface area contributed by atoms with Crippen LogP contribution >= 0.6 is 0 Å². The highest BCUT2D eigenvalue weighted by atomic mass is 16.1. The molecule has 3 N–H and O–H groups in total. The number of hydrogen-bond donors (Lipinski definition) is 2. The minimum Gasteiger partial charge on any atom is -0.384 e. The number of nitrogens with zero attached hydrogens (tertiary/aromatic N) is 4. The maximum Gasteiger partial charge on any atom is 0.253 e. The molecule has 0 radical (unpaired) electrons. The van der Waals surface area contributed by atoms with Crippen molar-refractivity contribution in [2.24, 2.45) is 0 Å². The minimum atomic E-state index is -0.201. The summed E-state index contributed by atoms with van der Waals surface area (Å²) < 4.78 is 0. The van der Waals surface area contributed by atoms with Crippen LogP contribution in [0.2, 0.25) is 0 Å². The van der Waals surface area contributed by atoms with Gasteiger partial charge in [-0.3, -0.25) is 9.78 Å². The van der Waals surface area contributed by atoms with Crippen molar-refractivity contribution in [1.29, 1.82) is 0 Å². The molecular weight excluding hydrogens is 340 g/mol. The number of nitrogens with one attached hydrogen (secondary N) is 1. The lowest BCUT2D eigenvalue weighted by Crippen LogP contribution is -2.27. The lowest BCUT2D eigenvalue weighted by molar-refractivity contribution is 0.0950. The highest BCUT2D eigenvalue weighted by Crippen LogP contribution is 2.16. The van der Waals surface area contributed by atoms with Crippen LogP contribution in [-0.4, -0.2) is 34.5 Å². The standard InChI is InChI=1S/C20H22N6O/c1-26(12-9-17-6-2-3-10-22-17)19-15(5-4-11-23-19)13-25-20(27)16-7-8-18(21)24-14-16/h2-8,10-11,14H,9,12-13H2,1H3,(H2,21,24)(H,25,27). The number of pyridine rings is 3. The minimum absolute atomic E-state index is 0.201. The van der Waals surface area contributed by atoms with Gasteiger partial charge in [-0.2, -0.15) is 0 Å². The first-order chi connectivity index (χ1) is 13.1.